The molecule has 0 spiro atoms. The zero-order chi connectivity index (χ0) is 15.5. The van der Waals surface area contributed by atoms with Gasteiger partial charge in [0.15, 0.2) is 0 Å². The third-order valence-electron chi connectivity index (χ3n) is 3.96. The third kappa shape index (κ3) is 3.31. The summed E-state index contributed by atoms with van der Waals surface area (Å²) >= 11 is 0. The molecule has 0 aliphatic heterocycles. The van der Waals surface area contributed by atoms with Crippen LogP contribution >= 0.6 is 0 Å². The highest BCUT2D eigenvalue weighted by atomic mass is 15.1. The first kappa shape index (κ1) is 14.7. The van der Waals surface area contributed by atoms with Crippen LogP contribution in [0.25, 0.3) is 5.78 Å². The van der Waals surface area contributed by atoms with Crippen molar-refractivity contribution in [3.8, 4) is 0 Å². The van der Waals surface area contributed by atoms with Crippen LogP contribution in [0.15, 0.2) is 43.1 Å². The van der Waals surface area contributed by atoms with E-state index in [1.165, 1.54) is 11.1 Å². The van der Waals surface area contributed by atoms with Crippen molar-refractivity contribution in [2.75, 3.05) is 7.05 Å². The molecule has 0 saturated heterocycles. The Bertz CT molecular complexity index is 764. The van der Waals surface area contributed by atoms with Gasteiger partial charge in [-0.15, -0.1) is 0 Å². The number of imidazole rings is 1. The van der Waals surface area contributed by atoms with E-state index in [9.17, 15) is 0 Å². The first-order valence-electron chi connectivity index (χ1n) is 7.51. The fourth-order valence-electron chi connectivity index (χ4n) is 2.55. The molecule has 3 heterocycles. The van der Waals surface area contributed by atoms with Crippen molar-refractivity contribution < 1.29 is 0 Å². The van der Waals surface area contributed by atoms with Crippen LogP contribution in [0.5, 0.6) is 0 Å². The molecule has 0 radical (unpaired) electrons. The van der Waals surface area contributed by atoms with Gasteiger partial charge in [0.2, 0.25) is 5.78 Å². The lowest BCUT2D eigenvalue weighted by Gasteiger charge is -2.24. The van der Waals surface area contributed by atoms with Gasteiger partial charge in [0, 0.05) is 61.2 Å². The summed E-state index contributed by atoms with van der Waals surface area (Å²) in [7, 11) is 2.14. The van der Waals surface area contributed by atoms with Gasteiger partial charge >= 0.3 is 0 Å². The maximum Gasteiger partial charge on any atom is 0.233 e. The van der Waals surface area contributed by atoms with Crippen LogP contribution in [-0.4, -0.2) is 37.3 Å². The summed E-state index contributed by atoms with van der Waals surface area (Å²) in [6.45, 7) is 5.19. The zero-order valence-electron chi connectivity index (χ0n) is 13.3. The fourth-order valence-corrected chi connectivity index (χ4v) is 2.55. The average Bonchev–Trinajstić information content (AvgIpc) is 2.94. The second-order valence-corrected chi connectivity index (χ2v) is 5.89. The zero-order valence-corrected chi connectivity index (χ0v) is 13.3. The number of rotatable bonds is 5. The average molecular weight is 295 g/mol. The fraction of sp³-hybridized carbons (Fsp3) is 0.353. The first-order chi connectivity index (χ1) is 10.6. The van der Waals surface area contributed by atoms with Crippen LogP contribution in [0.1, 0.15) is 23.7 Å². The number of aryl methyl sites for hydroxylation is 1. The molecule has 0 aliphatic carbocycles. The van der Waals surface area contributed by atoms with Gasteiger partial charge in [0.1, 0.15) is 0 Å². The van der Waals surface area contributed by atoms with Crippen molar-refractivity contribution in [3.05, 3.63) is 59.9 Å². The van der Waals surface area contributed by atoms with Crippen molar-refractivity contribution in [2.45, 2.75) is 32.9 Å². The topological polar surface area (TPSA) is 46.3 Å². The Balaban J connectivity index is 1.66. The van der Waals surface area contributed by atoms with Crippen molar-refractivity contribution in [1.29, 1.82) is 0 Å². The Labute approximate surface area is 130 Å². The molecule has 0 saturated carbocycles. The van der Waals surface area contributed by atoms with Gasteiger partial charge in [-0.25, -0.2) is 9.97 Å². The van der Waals surface area contributed by atoms with Gasteiger partial charge in [-0.3, -0.25) is 14.3 Å². The van der Waals surface area contributed by atoms with Gasteiger partial charge in [0.05, 0.1) is 0 Å². The third-order valence-corrected chi connectivity index (χ3v) is 3.96. The normalized spacial score (nSPS) is 12.9. The molecule has 0 N–H and O–H groups in total. The molecule has 114 valence electrons. The molecule has 5 nitrogen and oxygen atoms in total. The molecule has 0 amide bonds. The summed E-state index contributed by atoms with van der Waals surface area (Å²) in [4.78, 5) is 15.3. The van der Waals surface area contributed by atoms with Crippen molar-refractivity contribution >= 4 is 5.78 Å². The summed E-state index contributed by atoms with van der Waals surface area (Å²) < 4.78 is 1.95. The van der Waals surface area contributed by atoms with Crippen LogP contribution in [0.2, 0.25) is 0 Å². The number of fused-ring (bicyclic) bond motifs is 1. The minimum Gasteiger partial charge on any atom is -0.299 e. The molecule has 0 aliphatic rings. The van der Waals surface area contributed by atoms with E-state index in [1.54, 1.807) is 6.20 Å². The number of hydrogen-bond acceptors (Lipinski definition) is 4. The van der Waals surface area contributed by atoms with E-state index in [-0.39, 0.29) is 0 Å². The van der Waals surface area contributed by atoms with Crippen LogP contribution in [0.3, 0.4) is 0 Å². The highest BCUT2D eigenvalue weighted by molar-refractivity contribution is 5.28. The molecule has 0 fully saturated rings. The maximum atomic E-state index is 4.45. The lowest BCUT2D eigenvalue weighted by Crippen LogP contribution is -2.30. The second-order valence-electron chi connectivity index (χ2n) is 5.89. The van der Waals surface area contributed by atoms with Crippen molar-refractivity contribution in [1.82, 2.24) is 24.3 Å². The van der Waals surface area contributed by atoms with Crippen LogP contribution in [0, 0.1) is 6.92 Å². The number of nitrogens with zero attached hydrogens (tertiary/aromatic N) is 5. The number of hydrogen-bond donors (Lipinski definition) is 0. The smallest absolute Gasteiger partial charge is 0.233 e. The molecule has 3 aromatic heterocycles. The molecule has 5 heteroatoms. The minimum atomic E-state index is 0.410. The van der Waals surface area contributed by atoms with Gasteiger partial charge in [-0.05, 0) is 38.6 Å². The van der Waals surface area contributed by atoms with E-state index in [2.05, 4.69) is 53.0 Å². The molecular formula is C17H21N5. The van der Waals surface area contributed by atoms with E-state index in [0.717, 1.165) is 24.4 Å². The van der Waals surface area contributed by atoms with Crippen LogP contribution in [0.4, 0.5) is 0 Å². The van der Waals surface area contributed by atoms with E-state index in [1.807, 2.05) is 29.1 Å². The van der Waals surface area contributed by atoms with Gasteiger partial charge in [-0.1, -0.05) is 0 Å². The van der Waals surface area contributed by atoms with E-state index >= 15 is 0 Å². The molecule has 3 aromatic rings. The van der Waals surface area contributed by atoms with Crippen molar-refractivity contribution in [2.24, 2.45) is 0 Å². The largest absolute Gasteiger partial charge is 0.299 e. The number of likely N-dealkylation sites (N-methyl/N-ethyl adjacent to an activating group) is 1. The standard InChI is InChI=1S/C17H21N5/c1-13-4-5-18-16(8-13)9-14(2)21(3)11-15-10-20-17-19-6-7-22(17)12-15/h4-8,10,12,14H,9,11H2,1-3H3. The number of pyridine rings is 1. The summed E-state index contributed by atoms with van der Waals surface area (Å²) in [5.41, 5.74) is 3.58. The molecule has 1 unspecified atom stereocenters. The maximum absolute atomic E-state index is 4.45. The molecule has 0 bridgehead atoms. The van der Waals surface area contributed by atoms with Crippen molar-refractivity contribution in [3.63, 3.8) is 0 Å². The minimum absolute atomic E-state index is 0.410. The molecule has 1 atom stereocenters. The Kier molecular flexibility index (Phi) is 4.15. The van der Waals surface area contributed by atoms with E-state index in [0.29, 0.717) is 6.04 Å². The van der Waals surface area contributed by atoms with E-state index in [4.69, 9.17) is 0 Å². The molecule has 22 heavy (non-hydrogen) atoms. The van der Waals surface area contributed by atoms with Crippen LogP contribution in [-0.2, 0) is 13.0 Å². The first-order valence-corrected chi connectivity index (χ1v) is 7.51. The predicted octanol–water partition coefficient (Wildman–Crippen LogP) is 2.50. The Morgan fingerprint density at radius 1 is 1.23 bits per heavy atom. The Morgan fingerprint density at radius 3 is 2.91 bits per heavy atom. The summed E-state index contributed by atoms with van der Waals surface area (Å²) in [6.07, 6.45) is 10.5. The summed E-state index contributed by atoms with van der Waals surface area (Å²) in [6, 6.07) is 4.60. The molecule has 3 rings (SSSR count). The lowest BCUT2D eigenvalue weighted by molar-refractivity contribution is 0.246. The highest BCUT2D eigenvalue weighted by Crippen LogP contribution is 2.11. The van der Waals surface area contributed by atoms with Gasteiger partial charge in [0.25, 0.3) is 0 Å². The highest BCUT2D eigenvalue weighted by Gasteiger charge is 2.12. The summed E-state index contributed by atoms with van der Waals surface area (Å²) in [5, 5.41) is 0. The van der Waals surface area contributed by atoms with Crippen LogP contribution < -0.4 is 0 Å². The quantitative estimate of drug-likeness (QED) is 0.725. The predicted molar refractivity (Wildman–Crippen MR) is 86.6 cm³/mol. The molecule has 0 aromatic carbocycles. The lowest BCUT2D eigenvalue weighted by atomic mass is 10.1. The van der Waals surface area contributed by atoms with Gasteiger partial charge in [-0.2, -0.15) is 0 Å². The number of aromatic nitrogens is 4. The Morgan fingerprint density at radius 2 is 2.09 bits per heavy atom. The van der Waals surface area contributed by atoms with Gasteiger partial charge < -0.3 is 0 Å². The van der Waals surface area contributed by atoms with E-state index < -0.39 is 0 Å². The second kappa shape index (κ2) is 6.23. The summed E-state index contributed by atoms with van der Waals surface area (Å²) in [5.74, 6) is 0.739. The molecular weight excluding hydrogens is 274 g/mol. The monoisotopic (exact) mass is 295 g/mol. The SMILES string of the molecule is Cc1ccnc(CC(C)N(C)Cc2cnc3nccn3c2)c1. The Hall–Kier alpha value is -2.27.